The summed E-state index contributed by atoms with van der Waals surface area (Å²) in [5, 5.41) is 0. The highest BCUT2D eigenvalue weighted by atomic mass is 19.3. The van der Waals surface area contributed by atoms with Crippen LogP contribution in [0.4, 0.5) is 14.5 Å². The summed E-state index contributed by atoms with van der Waals surface area (Å²) in [5.74, 6) is -0.511. The zero-order valence-electron chi connectivity index (χ0n) is 15.8. The van der Waals surface area contributed by atoms with Gasteiger partial charge in [-0.1, -0.05) is 29.8 Å². The number of alkyl halides is 2. The standard InChI is InChI=1S/C21H22F2N2O3/c1-14-3-7-17(8-4-14)25-13-16(11-19(25)26)20(27)24(2)12-15-5-9-18(10-6-15)28-21(22)23/h3-10,16,21H,11-13H2,1-2H3/t16-/m1/s1. The Bertz CT molecular complexity index is 838. The lowest BCUT2D eigenvalue weighted by molar-refractivity contribution is -0.135. The Morgan fingerprint density at radius 2 is 1.82 bits per heavy atom. The molecule has 2 amide bonds. The number of hydrogen-bond donors (Lipinski definition) is 0. The van der Waals surface area contributed by atoms with E-state index in [1.54, 1.807) is 29.0 Å². The van der Waals surface area contributed by atoms with Crippen LogP contribution in [0.25, 0.3) is 0 Å². The summed E-state index contributed by atoms with van der Waals surface area (Å²) in [5.41, 5.74) is 2.69. The van der Waals surface area contributed by atoms with E-state index in [0.29, 0.717) is 13.1 Å². The first kappa shape index (κ1) is 19.8. The van der Waals surface area contributed by atoms with E-state index in [1.165, 1.54) is 12.1 Å². The van der Waals surface area contributed by atoms with Gasteiger partial charge in [0.1, 0.15) is 5.75 Å². The smallest absolute Gasteiger partial charge is 0.387 e. The van der Waals surface area contributed by atoms with E-state index < -0.39 is 12.5 Å². The van der Waals surface area contributed by atoms with Crippen molar-refractivity contribution in [3.63, 3.8) is 0 Å². The van der Waals surface area contributed by atoms with Crippen LogP contribution in [-0.2, 0) is 16.1 Å². The third-order valence-electron chi connectivity index (χ3n) is 4.76. The van der Waals surface area contributed by atoms with E-state index in [1.807, 2.05) is 31.2 Å². The van der Waals surface area contributed by atoms with Gasteiger partial charge in [-0.15, -0.1) is 0 Å². The van der Waals surface area contributed by atoms with Crippen molar-refractivity contribution in [1.29, 1.82) is 0 Å². The van der Waals surface area contributed by atoms with Crippen molar-refractivity contribution in [3.05, 3.63) is 59.7 Å². The second-order valence-electron chi connectivity index (χ2n) is 6.96. The molecule has 5 nitrogen and oxygen atoms in total. The molecule has 7 heteroatoms. The molecular weight excluding hydrogens is 366 g/mol. The predicted octanol–water partition coefficient (Wildman–Crippen LogP) is 3.61. The normalized spacial score (nSPS) is 16.5. The molecule has 1 saturated heterocycles. The zero-order valence-corrected chi connectivity index (χ0v) is 15.8. The van der Waals surface area contributed by atoms with Gasteiger partial charge in [-0.25, -0.2) is 0 Å². The van der Waals surface area contributed by atoms with Crippen molar-refractivity contribution in [3.8, 4) is 5.75 Å². The second-order valence-corrected chi connectivity index (χ2v) is 6.96. The van der Waals surface area contributed by atoms with Gasteiger partial charge in [0.2, 0.25) is 11.8 Å². The van der Waals surface area contributed by atoms with Gasteiger partial charge in [-0.05, 0) is 36.8 Å². The van der Waals surface area contributed by atoms with Gasteiger partial charge >= 0.3 is 6.61 Å². The third kappa shape index (κ3) is 4.65. The van der Waals surface area contributed by atoms with E-state index in [2.05, 4.69) is 4.74 Å². The average molecular weight is 388 g/mol. The number of nitrogens with zero attached hydrogens (tertiary/aromatic N) is 2. The molecule has 0 N–H and O–H groups in total. The van der Waals surface area contributed by atoms with Crippen molar-refractivity contribution in [2.75, 3.05) is 18.5 Å². The molecule has 0 spiro atoms. The van der Waals surface area contributed by atoms with E-state index in [-0.39, 0.29) is 24.0 Å². The Morgan fingerprint density at radius 1 is 1.18 bits per heavy atom. The van der Waals surface area contributed by atoms with Crippen molar-refractivity contribution < 1.29 is 23.1 Å². The first-order valence-electron chi connectivity index (χ1n) is 8.99. The van der Waals surface area contributed by atoms with Crippen LogP contribution >= 0.6 is 0 Å². The monoisotopic (exact) mass is 388 g/mol. The van der Waals surface area contributed by atoms with E-state index in [0.717, 1.165) is 16.8 Å². The summed E-state index contributed by atoms with van der Waals surface area (Å²) in [4.78, 5) is 28.3. The zero-order chi connectivity index (χ0) is 20.3. The molecule has 0 unspecified atom stereocenters. The summed E-state index contributed by atoms with van der Waals surface area (Å²) in [7, 11) is 1.67. The Labute approximate surface area is 162 Å². The Morgan fingerprint density at radius 3 is 2.43 bits per heavy atom. The van der Waals surface area contributed by atoms with Crippen LogP contribution in [0.3, 0.4) is 0 Å². The molecular formula is C21H22F2N2O3. The number of rotatable bonds is 6. The Kier molecular flexibility index (Phi) is 5.92. The molecule has 2 aromatic rings. The highest BCUT2D eigenvalue weighted by Crippen LogP contribution is 2.27. The minimum atomic E-state index is -2.87. The van der Waals surface area contributed by atoms with Gasteiger partial charge in [-0.3, -0.25) is 9.59 Å². The first-order valence-corrected chi connectivity index (χ1v) is 8.99. The summed E-state index contributed by atoms with van der Waals surface area (Å²) < 4.78 is 28.7. The summed E-state index contributed by atoms with van der Waals surface area (Å²) in [6.07, 6.45) is 0.179. The second kappa shape index (κ2) is 8.37. The fraction of sp³-hybridized carbons (Fsp3) is 0.333. The van der Waals surface area contributed by atoms with E-state index in [4.69, 9.17) is 0 Å². The number of benzene rings is 2. The maximum atomic E-state index is 12.8. The quantitative estimate of drug-likeness (QED) is 0.760. The molecule has 0 aliphatic carbocycles. The molecule has 1 atom stereocenters. The van der Waals surface area contributed by atoms with Crippen LogP contribution in [0.5, 0.6) is 5.75 Å². The molecule has 0 saturated carbocycles. The van der Waals surface area contributed by atoms with Crippen LogP contribution in [0.1, 0.15) is 17.5 Å². The molecule has 3 rings (SSSR count). The number of carbonyl (C=O) groups excluding carboxylic acids is 2. The van der Waals surface area contributed by atoms with Gasteiger partial charge < -0.3 is 14.5 Å². The highest BCUT2D eigenvalue weighted by molar-refractivity contribution is 6.00. The number of halogens is 2. The molecule has 0 bridgehead atoms. The molecule has 148 valence electrons. The van der Waals surface area contributed by atoms with Gasteiger partial charge in [-0.2, -0.15) is 8.78 Å². The third-order valence-corrected chi connectivity index (χ3v) is 4.76. The molecule has 2 aromatic carbocycles. The lowest BCUT2D eigenvalue weighted by Gasteiger charge is -2.22. The minimum Gasteiger partial charge on any atom is -0.435 e. The topological polar surface area (TPSA) is 49.9 Å². The number of hydrogen-bond acceptors (Lipinski definition) is 3. The van der Waals surface area contributed by atoms with Gasteiger partial charge in [0, 0.05) is 32.2 Å². The maximum Gasteiger partial charge on any atom is 0.387 e. The van der Waals surface area contributed by atoms with Gasteiger partial charge in [0.05, 0.1) is 5.92 Å². The van der Waals surface area contributed by atoms with E-state index >= 15 is 0 Å². The maximum absolute atomic E-state index is 12.8. The largest absolute Gasteiger partial charge is 0.435 e. The number of anilines is 1. The van der Waals surface area contributed by atoms with Crippen molar-refractivity contribution in [1.82, 2.24) is 4.90 Å². The highest BCUT2D eigenvalue weighted by Gasteiger charge is 2.36. The van der Waals surface area contributed by atoms with Crippen molar-refractivity contribution >= 4 is 17.5 Å². The predicted molar refractivity (Wildman–Crippen MR) is 101 cm³/mol. The Hall–Kier alpha value is -2.96. The molecule has 0 radical (unpaired) electrons. The van der Waals surface area contributed by atoms with Crippen LogP contribution in [0, 0.1) is 12.8 Å². The lowest BCUT2D eigenvalue weighted by Crippen LogP contribution is -2.34. The number of aryl methyl sites for hydroxylation is 1. The van der Waals surface area contributed by atoms with E-state index in [9.17, 15) is 18.4 Å². The molecule has 1 heterocycles. The van der Waals surface area contributed by atoms with Crippen LogP contribution in [0.15, 0.2) is 48.5 Å². The van der Waals surface area contributed by atoms with Crippen molar-refractivity contribution in [2.45, 2.75) is 26.5 Å². The summed E-state index contributed by atoms with van der Waals surface area (Å²) in [6.45, 7) is -0.218. The molecule has 0 aromatic heterocycles. The minimum absolute atomic E-state index is 0.0656. The number of amides is 2. The first-order chi connectivity index (χ1) is 13.3. The number of ether oxygens (including phenoxy) is 1. The van der Waals surface area contributed by atoms with Gasteiger partial charge in [0.15, 0.2) is 0 Å². The SMILES string of the molecule is Cc1ccc(N2C[C@H](C(=O)N(C)Cc3ccc(OC(F)F)cc3)CC2=O)cc1. The molecule has 1 fully saturated rings. The average Bonchev–Trinajstić information content (AvgIpc) is 3.04. The van der Waals surface area contributed by atoms with Gasteiger partial charge in [0.25, 0.3) is 0 Å². The molecule has 28 heavy (non-hydrogen) atoms. The van der Waals surface area contributed by atoms with Crippen LogP contribution < -0.4 is 9.64 Å². The fourth-order valence-corrected chi connectivity index (χ4v) is 3.29. The molecule has 1 aliphatic rings. The van der Waals surface area contributed by atoms with Crippen LogP contribution in [-0.4, -0.2) is 36.9 Å². The van der Waals surface area contributed by atoms with Crippen molar-refractivity contribution in [2.24, 2.45) is 5.92 Å². The number of carbonyl (C=O) groups is 2. The fourth-order valence-electron chi connectivity index (χ4n) is 3.29. The lowest BCUT2D eigenvalue weighted by atomic mass is 10.1. The summed E-state index contributed by atoms with van der Waals surface area (Å²) >= 11 is 0. The summed E-state index contributed by atoms with van der Waals surface area (Å²) in [6, 6.07) is 13.8. The Balaban J connectivity index is 1.60. The van der Waals surface area contributed by atoms with Crippen LogP contribution in [0.2, 0.25) is 0 Å². The molecule has 1 aliphatic heterocycles.